The molecule has 5 rings (SSSR count). The van der Waals surface area contributed by atoms with Crippen LogP contribution in [0.1, 0.15) is 26.7 Å². The SMILES string of the molecule is CN(C)C(C)(C)/C=C(\C#N)C(=O)N1CCC[C@@H]1Cn1cc(-c2ccc(Oc3ccccc3)cc2F)c2c(N)ncnc21. The van der Waals surface area contributed by atoms with Crippen LogP contribution < -0.4 is 10.5 Å². The number of nitrogens with zero attached hydrogens (tertiary/aromatic N) is 6. The fourth-order valence-corrected chi connectivity index (χ4v) is 5.19. The molecule has 2 aromatic heterocycles. The first-order valence-electron chi connectivity index (χ1n) is 13.8. The quantitative estimate of drug-likeness (QED) is 0.224. The van der Waals surface area contributed by atoms with Crippen molar-refractivity contribution in [3.05, 3.63) is 78.5 Å². The summed E-state index contributed by atoms with van der Waals surface area (Å²) >= 11 is 0. The van der Waals surface area contributed by atoms with Crippen LogP contribution in [0.15, 0.2) is 72.7 Å². The molecule has 1 fully saturated rings. The summed E-state index contributed by atoms with van der Waals surface area (Å²) in [6.45, 7) is 4.86. The van der Waals surface area contributed by atoms with E-state index in [9.17, 15) is 10.1 Å². The van der Waals surface area contributed by atoms with Crippen LogP contribution in [0.3, 0.4) is 0 Å². The Morgan fingerprint density at radius 2 is 1.95 bits per heavy atom. The zero-order chi connectivity index (χ0) is 30.0. The molecule has 0 radical (unpaired) electrons. The molecule has 42 heavy (non-hydrogen) atoms. The molecule has 3 heterocycles. The van der Waals surface area contributed by atoms with Crippen LogP contribution in [-0.2, 0) is 11.3 Å². The average molecular weight is 568 g/mol. The fraction of sp³-hybridized carbons (Fsp3) is 0.312. The normalized spacial score (nSPS) is 15.8. The summed E-state index contributed by atoms with van der Waals surface area (Å²) in [5, 5.41) is 10.4. The summed E-state index contributed by atoms with van der Waals surface area (Å²) in [5.74, 6) is 0.442. The molecule has 10 heteroatoms. The van der Waals surface area contributed by atoms with E-state index in [0.29, 0.717) is 46.7 Å². The Morgan fingerprint density at radius 3 is 2.64 bits per heavy atom. The summed E-state index contributed by atoms with van der Waals surface area (Å²) in [7, 11) is 3.81. The molecule has 2 N–H and O–H groups in total. The lowest BCUT2D eigenvalue weighted by Crippen LogP contribution is -2.41. The van der Waals surface area contributed by atoms with Gasteiger partial charge in [0.25, 0.3) is 5.91 Å². The van der Waals surface area contributed by atoms with Gasteiger partial charge < -0.3 is 24.8 Å². The number of carbonyl (C=O) groups is 1. The van der Waals surface area contributed by atoms with Crippen LogP contribution in [0, 0.1) is 17.1 Å². The van der Waals surface area contributed by atoms with Gasteiger partial charge in [0, 0.05) is 42.0 Å². The zero-order valence-corrected chi connectivity index (χ0v) is 24.2. The second-order valence-electron chi connectivity index (χ2n) is 11.2. The Morgan fingerprint density at radius 1 is 1.19 bits per heavy atom. The number of fused-ring (bicyclic) bond motifs is 1. The Labute approximate surface area is 244 Å². The number of likely N-dealkylation sites (N-methyl/N-ethyl adjacent to an activating group) is 1. The number of halogens is 1. The van der Waals surface area contributed by atoms with E-state index in [0.717, 1.165) is 12.8 Å². The fourth-order valence-electron chi connectivity index (χ4n) is 5.19. The van der Waals surface area contributed by atoms with Gasteiger partial charge in [-0.1, -0.05) is 18.2 Å². The predicted molar refractivity (Wildman–Crippen MR) is 160 cm³/mol. The summed E-state index contributed by atoms with van der Waals surface area (Å²) in [4.78, 5) is 25.9. The van der Waals surface area contributed by atoms with E-state index in [-0.39, 0.29) is 23.3 Å². The highest BCUT2D eigenvalue weighted by atomic mass is 19.1. The number of amides is 1. The maximum absolute atomic E-state index is 15.5. The van der Waals surface area contributed by atoms with E-state index in [2.05, 4.69) is 16.0 Å². The van der Waals surface area contributed by atoms with E-state index >= 15 is 4.39 Å². The van der Waals surface area contributed by atoms with Crippen LogP contribution in [0.4, 0.5) is 10.2 Å². The Balaban J connectivity index is 1.46. The van der Waals surface area contributed by atoms with Gasteiger partial charge in [-0.15, -0.1) is 0 Å². The van der Waals surface area contributed by atoms with Gasteiger partial charge in [0.1, 0.15) is 46.8 Å². The van der Waals surface area contributed by atoms with E-state index in [1.807, 2.05) is 61.8 Å². The third-order valence-electron chi connectivity index (χ3n) is 7.94. The molecule has 0 bridgehead atoms. The lowest BCUT2D eigenvalue weighted by molar-refractivity contribution is -0.127. The highest BCUT2D eigenvalue weighted by molar-refractivity contribution is 6.01. The second-order valence-corrected chi connectivity index (χ2v) is 11.2. The number of anilines is 1. The number of aromatic nitrogens is 3. The Hall–Kier alpha value is -4.75. The van der Waals surface area contributed by atoms with Crippen molar-refractivity contribution in [2.24, 2.45) is 0 Å². The first-order chi connectivity index (χ1) is 20.1. The number of hydrogen-bond acceptors (Lipinski definition) is 7. The molecular weight excluding hydrogens is 533 g/mol. The standard InChI is InChI=1S/C32H34FN7O2/c1-32(2,38(3)4)16-21(17-34)31(41)40-14-8-9-22(40)18-39-19-26(28-29(35)36-20-37-30(28)39)25-13-12-24(15-27(25)33)42-23-10-6-5-7-11-23/h5-7,10-13,15-16,19-20,22H,8-9,14,18H2,1-4H3,(H2,35,36,37)/b21-16+/t22-/m1/s1. The Kier molecular flexibility index (Phi) is 7.96. The number of nitriles is 1. The number of likely N-dealkylation sites (tertiary alicyclic amines) is 1. The number of nitrogen functional groups attached to an aromatic ring is 1. The molecule has 0 saturated carbocycles. The van der Waals surface area contributed by atoms with Crippen molar-refractivity contribution in [2.45, 2.75) is 44.8 Å². The minimum atomic E-state index is -0.476. The maximum atomic E-state index is 15.5. The van der Waals surface area contributed by atoms with Crippen molar-refractivity contribution in [3.8, 4) is 28.7 Å². The smallest absolute Gasteiger partial charge is 0.264 e. The summed E-state index contributed by atoms with van der Waals surface area (Å²) in [6.07, 6.45) is 6.48. The van der Waals surface area contributed by atoms with Gasteiger partial charge >= 0.3 is 0 Å². The molecule has 0 unspecified atom stereocenters. The summed E-state index contributed by atoms with van der Waals surface area (Å²) < 4.78 is 23.2. The second kappa shape index (κ2) is 11.6. The molecule has 1 atom stereocenters. The van der Waals surface area contributed by atoms with Crippen molar-refractivity contribution in [1.82, 2.24) is 24.3 Å². The van der Waals surface area contributed by atoms with Crippen molar-refractivity contribution in [3.63, 3.8) is 0 Å². The third kappa shape index (κ3) is 5.69. The number of hydrogen-bond donors (Lipinski definition) is 1. The molecule has 9 nitrogen and oxygen atoms in total. The maximum Gasteiger partial charge on any atom is 0.264 e. The van der Waals surface area contributed by atoms with Gasteiger partial charge in [-0.3, -0.25) is 4.79 Å². The van der Waals surface area contributed by atoms with Gasteiger partial charge in [0.15, 0.2) is 0 Å². The molecule has 0 spiro atoms. The molecule has 1 aliphatic heterocycles. The topological polar surface area (TPSA) is 113 Å². The minimum Gasteiger partial charge on any atom is -0.457 e. The third-order valence-corrected chi connectivity index (χ3v) is 7.94. The predicted octanol–water partition coefficient (Wildman–Crippen LogP) is 5.39. The van der Waals surface area contributed by atoms with Crippen LogP contribution in [0.5, 0.6) is 11.5 Å². The lowest BCUT2D eigenvalue weighted by atomic mass is 9.99. The number of rotatable bonds is 8. The summed E-state index contributed by atoms with van der Waals surface area (Å²) in [6, 6.07) is 15.8. The van der Waals surface area contributed by atoms with Crippen LogP contribution in [0.25, 0.3) is 22.2 Å². The van der Waals surface area contributed by atoms with Crippen molar-refractivity contribution in [1.29, 1.82) is 5.26 Å². The molecule has 1 amide bonds. The van der Waals surface area contributed by atoms with Gasteiger partial charge in [-0.2, -0.15) is 5.26 Å². The number of benzene rings is 2. The van der Waals surface area contributed by atoms with E-state index < -0.39 is 11.4 Å². The number of nitrogens with two attached hydrogens (primary N) is 1. The van der Waals surface area contributed by atoms with Gasteiger partial charge in [0.05, 0.1) is 11.4 Å². The van der Waals surface area contributed by atoms with Crippen LogP contribution >= 0.6 is 0 Å². The minimum absolute atomic E-state index is 0.116. The molecule has 2 aromatic carbocycles. The molecule has 1 saturated heterocycles. The highest BCUT2D eigenvalue weighted by Gasteiger charge is 2.33. The van der Waals surface area contributed by atoms with Crippen LogP contribution in [0.2, 0.25) is 0 Å². The first-order valence-corrected chi connectivity index (χ1v) is 13.8. The zero-order valence-electron chi connectivity index (χ0n) is 24.2. The van der Waals surface area contributed by atoms with Crippen molar-refractivity contribution < 1.29 is 13.9 Å². The van der Waals surface area contributed by atoms with Gasteiger partial charge in [-0.05, 0) is 71.1 Å². The summed E-state index contributed by atoms with van der Waals surface area (Å²) in [5.41, 5.74) is 7.37. The van der Waals surface area contributed by atoms with Gasteiger partial charge in [0.2, 0.25) is 0 Å². The van der Waals surface area contributed by atoms with Crippen molar-refractivity contribution in [2.75, 3.05) is 26.4 Å². The van der Waals surface area contributed by atoms with E-state index in [1.165, 1.54) is 12.4 Å². The van der Waals surface area contributed by atoms with Crippen LogP contribution in [-0.4, -0.2) is 62.5 Å². The van der Waals surface area contributed by atoms with Crippen molar-refractivity contribution >= 4 is 22.8 Å². The van der Waals surface area contributed by atoms with Gasteiger partial charge in [-0.25, -0.2) is 14.4 Å². The largest absolute Gasteiger partial charge is 0.457 e. The highest BCUT2D eigenvalue weighted by Crippen LogP contribution is 2.37. The average Bonchev–Trinajstić information content (AvgIpc) is 3.58. The number of para-hydroxylation sites is 1. The lowest BCUT2D eigenvalue weighted by Gasteiger charge is -2.30. The molecular formula is C32H34FN7O2. The molecule has 1 aliphatic rings. The molecule has 216 valence electrons. The number of carbonyl (C=O) groups excluding carboxylic acids is 1. The number of ether oxygens (including phenoxy) is 1. The van der Waals surface area contributed by atoms with E-state index in [4.69, 9.17) is 10.5 Å². The van der Waals surface area contributed by atoms with E-state index in [1.54, 1.807) is 35.2 Å². The monoisotopic (exact) mass is 567 g/mol. The molecule has 4 aromatic rings. The molecule has 0 aliphatic carbocycles. The first kappa shape index (κ1) is 28.8. The Bertz CT molecular complexity index is 1690.